The summed E-state index contributed by atoms with van der Waals surface area (Å²) in [4.78, 5) is 20.9. The molecule has 4 nitrogen and oxygen atoms in total. The molecule has 0 fully saturated rings. The van der Waals surface area contributed by atoms with Gasteiger partial charge >= 0.3 is 0 Å². The zero-order valence-corrected chi connectivity index (χ0v) is 28.2. The molecule has 51 heavy (non-hydrogen) atoms. The molecule has 0 unspecified atom stereocenters. The Morgan fingerprint density at radius 3 is 1.86 bits per heavy atom. The van der Waals surface area contributed by atoms with Crippen molar-refractivity contribution in [3.8, 4) is 56.5 Å². The van der Waals surface area contributed by atoms with E-state index in [0.717, 1.165) is 65.9 Å². The van der Waals surface area contributed by atoms with Gasteiger partial charge in [-0.25, -0.2) is 19.9 Å². The standard InChI is InChI=1S/C46H28N4S/c1-3-14-30(15-4-1)40-28-41(49-45(48-40)31-16-5-2-6-17-31)34-26-37-35-19-10-12-22-42(35)51-44(37)38(27-34)46-47-39-21-11-9-20-36(39)43(50-46)33-24-23-29-13-7-8-18-32(29)25-33/h1-28H. The molecule has 0 saturated heterocycles. The van der Waals surface area contributed by atoms with Crippen LogP contribution in [0.15, 0.2) is 170 Å². The smallest absolute Gasteiger partial charge is 0.161 e. The second-order valence-corrected chi connectivity index (χ2v) is 13.7. The van der Waals surface area contributed by atoms with E-state index in [1.54, 1.807) is 11.3 Å². The van der Waals surface area contributed by atoms with Gasteiger partial charge in [0.2, 0.25) is 0 Å². The zero-order chi connectivity index (χ0) is 33.7. The van der Waals surface area contributed by atoms with Crippen molar-refractivity contribution in [1.82, 2.24) is 19.9 Å². The van der Waals surface area contributed by atoms with Gasteiger partial charge in [0.25, 0.3) is 0 Å². The van der Waals surface area contributed by atoms with E-state index >= 15 is 0 Å². The number of hydrogen-bond donors (Lipinski definition) is 0. The van der Waals surface area contributed by atoms with Gasteiger partial charge in [0.1, 0.15) is 0 Å². The number of benzene rings is 7. The highest BCUT2D eigenvalue weighted by molar-refractivity contribution is 7.26. The SMILES string of the molecule is c1ccc(-c2cc(-c3cc(-c4nc(-c5ccc6ccccc6c5)c5ccccc5n4)c4sc5ccccc5c4c3)nc(-c3ccccc3)n2)cc1. The molecule has 0 saturated carbocycles. The van der Waals surface area contributed by atoms with E-state index in [-0.39, 0.29) is 0 Å². The summed E-state index contributed by atoms with van der Waals surface area (Å²) in [5.41, 5.74) is 8.59. The van der Waals surface area contributed by atoms with Crippen molar-refractivity contribution in [2.24, 2.45) is 0 Å². The molecule has 10 rings (SSSR count). The molecule has 238 valence electrons. The van der Waals surface area contributed by atoms with Gasteiger partial charge in [-0.05, 0) is 47.2 Å². The first-order chi connectivity index (χ1) is 25.2. The quantitative estimate of drug-likeness (QED) is 0.183. The Morgan fingerprint density at radius 2 is 1.04 bits per heavy atom. The van der Waals surface area contributed by atoms with Crippen molar-refractivity contribution in [3.63, 3.8) is 0 Å². The summed E-state index contributed by atoms with van der Waals surface area (Å²) in [6.07, 6.45) is 0. The first-order valence-corrected chi connectivity index (χ1v) is 17.8. The van der Waals surface area contributed by atoms with Gasteiger partial charge in [0, 0.05) is 53.4 Å². The minimum Gasteiger partial charge on any atom is -0.228 e. The van der Waals surface area contributed by atoms with Crippen LogP contribution in [0.25, 0.3) is 98.4 Å². The maximum atomic E-state index is 5.40. The molecule has 0 radical (unpaired) electrons. The lowest BCUT2D eigenvalue weighted by molar-refractivity contribution is 1.18. The zero-order valence-electron chi connectivity index (χ0n) is 27.4. The molecule has 0 spiro atoms. The van der Waals surface area contributed by atoms with Gasteiger partial charge in [-0.2, -0.15) is 0 Å². The van der Waals surface area contributed by atoms with Crippen LogP contribution in [-0.4, -0.2) is 19.9 Å². The Bertz CT molecular complexity index is 2860. The van der Waals surface area contributed by atoms with Gasteiger partial charge in [-0.3, -0.25) is 0 Å². The Morgan fingerprint density at radius 1 is 0.373 bits per heavy atom. The van der Waals surface area contributed by atoms with Crippen molar-refractivity contribution < 1.29 is 0 Å². The van der Waals surface area contributed by atoms with Crippen LogP contribution in [0.2, 0.25) is 0 Å². The molecule has 0 atom stereocenters. The lowest BCUT2D eigenvalue weighted by Crippen LogP contribution is -1.98. The highest BCUT2D eigenvalue weighted by Gasteiger charge is 2.20. The fraction of sp³-hybridized carbons (Fsp3) is 0. The third kappa shape index (κ3) is 5.23. The number of fused-ring (bicyclic) bond motifs is 5. The van der Waals surface area contributed by atoms with E-state index < -0.39 is 0 Å². The molecule has 0 aliphatic heterocycles. The summed E-state index contributed by atoms with van der Waals surface area (Å²) < 4.78 is 2.37. The van der Waals surface area contributed by atoms with E-state index in [0.29, 0.717) is 11.6 Å². The molecular formula is C46H28N4S. The van der Waals surface area contributed by atoms with Crippen LogP contribution in [-0.2, 0) is 0 Å². The van der Waals surface area contributed by atoms with Crippen LogP contribution in [0.1, 0.15) is 0 Å². The first-order valence-electron chi connectivity index (χ1n) is 17.0. The Balaban J connectivity index is 1.25. The van der Waals surface area contributed by atoms with Crippen molar-refractivity contribution in [2.45, 2.75) is 0 Å². The van der Waals surface area contributed by atoms with E-state index in [4.69, 9.17) is 19.9 Å². The van der Waals surface area contributed by atoms with Gasteiger partial charge < -0.3 is 0 Å². The maximum absolute atomic E-state index is 5.40. The second-order valence-electron chi connectivity index (χ2n) is 12.7. The molecule has 0 N–H and O–H groups in total. The highest BCUT2D eigenvalue weighted by Crippen LogP contribution is 2.43. The molecule has 10 aromatic rings. The molecular weight excluding hydrogens is 641 g/mol. The van der Waals surface area contributed by atoms with Crippen molar-refractivity contribution in [2.75, 3.05) is 0 Å². The Hall–Kier alpha value is -6.56. The van der Waals surface area contributed by atoms with Crippen LogP contribution in [0, 0.1) is 0 Å². The van der Waals surface area contributed by atoms with Crippen LogP contribution in [0.5, 0.6) is 0 Å². The van der Waals surface area contributed by atoms with Crippen LogP contribution in [0.4, 0.5) is 0 Å². The number of para-hydroxylation sites is 1. The minimum absolute atomic E-state index is 0.685. The van der Waals surface area contributed by atoms with Gasteiger partial charge in [0.05, 0.1) is 22.6 Å². The molecule has 0 aliphatic carbocycles. The summed E-state index contributed by atoms with van der Waals surface area (Å²) in [6, 6.07) is 59.1. The van der Waals surface area contributed by atoms with E-state index in [1.807, 2.05) is 42.5 Å². The van der Waals surface area contributed by atoms with E-state index in [2.05, 4.69) is 127 Å². The summed E-state index contributed by atoms with van der Waals surface area (Å²) in [6.45, 7) is 0. The lowest BCUT2D eigenvalue weighted by Gasteiger charge is -2.13. The molecule has 0 aliphatic rings. The second kappa shape index (κ2) is 12.1. The number of hydrogen-bond acceptors (Lipinski definition) is 5. The molecule has 0 amide bonds. The molecule has 3 aromatic heterocycles. The van der Waals surface area contributed by atoms with Crippen molar-refractivity contribution in [1.29, 1.82) is 0 Å². The van der Waals surface area contributed by atoms with Crippen molar-refractivity contribution in [3.05, 3.63) is 170 Å². The van der Waals surface area contributed by atoms with Crippen LogP contribution < -0.4 is 0 Å². The third-order valence-corrected chi connectivity index (χ3v) is 10.7. The number of rotatable bonds is 5. The topological polar surface area (TPSA) is 51.6 Å². The van der Waals surface area contributed by atoms with E-state index in [1.165, 1.54) is 20.9 Å². The molecule has 0 bridgehead atoms. The fourth-order valence-corrected chi connectivity index (χ4v) is 8.16. The van der Waals surface area contributed by atoms with Crippen LogP contribution in [0.3, 0.4) is 0 Å². The summed E-state index contributed by atoms with van der Waals surface area (Å²) in [5.74, 6) is 1.38. The maximum Gasteiger partial charge on any atom is 0.161 e. The molecule has 5 heteroatoms. The predicted molar refractivity (Wildman–Crippen MR) is 213 cm³/mol. The average Bonchev–Trinajstić information content (AvgIpc) is 3.59. The average molecular weight is 669 g/mol. The first kappa shape index (κ1) is 29.4. The normalized spacial score (nSPS) is 11.5. The minimum atomic E-state index is 0.685. The van der Waals surface area contributed by atoms with Crippen LogP contribution >= 0.6 is 11.3 Å². The fourth-order valence-electron chi connectivity index (χ4n) is 6.96. The lowest BCUT2D eigenvalue weighted by atomic mass is 9.99. The van der Waals surface area contributed by atoms with Gasteiger partial charge in [0.15, 0.2) is 11.6 Å². The summed E-state index contributed by atoms with van der Waals surface area (Å²) >= 11 is 1.78. The Labute approximate surface area is 298 Å². The van der Waals surface area contributed by atoms with Gasteiger partial charge in [-0.1, -0.05) is 133 Å². The monoisotopic (exact) mass is 668 g/mol. The largest absolute Gasteiger partial charge is 0.228 e. The highest BCUT2D eigenvalue weighted by atomic mass is 32.1. The summed E-state index contributed by atoms with van der Waals surface area (Å²) in [5, 5.41) is 5.77. The van der Waals surface area contributed by atoms with Gasteiger partial charge in [-0.15, -0.1) is 11.3 Å². The number of aromatic nitrogens is 4. The molecule has 3 heterocycles. The number of thiophene rings is 1. The molecule has 7 aromatic carbocycles. The number of nitrogens with zero attached hydrogens (tertiary/aromatic N) is 4. The summed E-state index contributed by atoms with van der Waals surface area (Å²) in [7, 11) is 0. The van der Waals surface area contributed by atoms with Crippen molar-refractivity contribution >= 4 is 53.2 Å². The predicted octanol–water partition coefficient (Wildman–Crippen LogP) is 12.3. The third-order valence-electron chi connectivity index (χ3n) is 9.47. The van der Waals surface area contributed by atoms with E-state index in [9.17, 15) is 0 Å². The Kier molecular flexibility index (Phi) is 6.96.